The van der Waals surface area contributed by atoms with E-state index in [9.17, 15) is 26.4 Å². The smallest absolute Gasteiger partial charge is 0.270 e. The molecule has 6 aliphatic rings. The fourth-order valence-corrected chi connectivity index (χ4v) is 9.03. The number of aromatic nitrogens is 3. The molecule has 13 heteroatoms. The Hall–Kier alpha value is -2.22. The van der Waals surface area contributed by atoms with Crippen molar-refractivity contribution in [2.45, 2.75) is 12.1 Å². The molecule has 33 heavy (non-hydrogen) atoms. The number of hydrogen-bond acceptors (Lipinski definition) is 8. The van der Waals surface area contributed by atoms with E-state index in [-0.39, 0.29) is 36.9 Å². The van der Waals surface area contributed by atoms with Gasteiger partial charge in [0, 0.05) is 10.8 Å². The number of nitrogens with zero attached hydrogens (tertiary/aromatic N) is 3. The summed E-state index contributed by atoms with van der Waals surface area (Å²) in [4.78, 5) is 27.1. The first-order chi connectivity index (χ1) is 15.5. The molecule has 0 saturated heterocycles. The van der Waals surface area contributed by atoms with Gasteiger partial charge in [-0.15, -0.1) is 0 Å². The molecule has 0 radical (unpaired) electrons. The largest absolute Gasteiger partial charge is 0.352 e. The van der Waals surface area contributed by atoms with Crippen LogP contribution in [0.25, 0.3) is 5.69 Å². The van der Waals surface area contributed by atoms with Crippen LogP contribution < -0.4 is 11.4 Å². The lowest BCUT2D eigenvalue weighted by atomic mass is 9.72. The van der Waals surface area contributed by atoms with Crippen LogP contribution in [0, 0.1) is 34.5 Å². The molecule has 176 valence electrons. The van der Waals surface area contributed by atoms with Crippen molar-refractivity contribution in [1.82, 2.24) is 13.9 Å². The lowest BCUT2D eigenvalue weighted by Crippen LogP contribution is -2.55. The van der Waals surface area contributed by atoms with Gasteiger partial charge in [-0.05, 0) is 35.8 Å². The van der Waals surface area contributed by atoms with Crippen molar-refractivity contribution >= 4 is 20.2 Å². The van der Waals surface area contributed by atoms with Gasteiger partial charge < -0.3 is 0 Å². The molecule has 11 nitrogen and oxygen atoms in total. The molecule has 2 bridgehead atoms. The summed E-state index contributed by atoms with van der Waals surface area (Å²) in [5.74, 6) is 0.427. The average Bonchev–Trinajstić information content (AvgIpc) is 3.48. The zero-order chi connectivity index (χ0) is 23.3. The van der Waals surface area contributed by atoms with Crippen LogP contribution in [0.3, 0.4) is 0 Å². The molecule has 1 aromatic carbocycles. The molecule has 0 amide bonds. The maximum absolute atomic E-state index is 13.5. The second-order valence-corrected chi connectivity index (χ2v) is 13.3. The Balaban J connectivity index is 1.44. The molecule has 1 aromatic heterocycles. The van der Waals surface area contributed by atoms with Crippen molar-refractivity contribution in [3.63, 3.8) is 0 Å². The standard InChI is InChI=1S/C20H21N3O8S2/c1-32(26,27)30-8-19-14-11-12-13(11)16(20(14,19)9-31-33(2,28)29)23-18(25)21(10-6-4-3-5-7-10)17(24)22(23)15(12)19/h3-7,11-16H,8-9H2,1-2H3/t11?,12-,13-,14?,15-,16+,19+,20+/m0/s1. The normalized spacial score (nSPS) is 40.7. The van der Waals surface area contributed by atoms with Gasteiger partial charge in [0.15, 0.2) is 0 Å². The molecule has 2 aliphatic heterocycles. The van der Waals surface area contributed by atoms with E-state index in [1.54, 1.807) is 30.3 Å². The van der Waals surface area contributed by atoms with Gasteiger partial charge in [0.1, 0.15) is 0 Å². The molecule has 0 spiro atoms. The summed E-state index contributed by atoms with van der Waals surface area (Å²) in [5.41, 5.74) is -2.05. The van der Waals surface area contributed by atoms with Crippen molar-refractivity contribution in [3.8, 4) is 5.69 Å². The Kier molecular flexibility index (Phi) is 3.38. The molecule has 8 rings (SSSR count). The summed E-state index contributed by atoms with van der Waals surface area (Å²) >= 11 is 0. The predicted octanol–water partition coefficient (Wildman–Crippen LogP) is -0.659. The van der Waals surface area contributed by atoms with Gasteiger partial charge in [-0.2, -0.15) is 16.8 Å². The average molecular weight is 496 g/mol. The second kappa shape index (κ2) is 5.53. The van der Waals surface area contributed by atoms with Crippen LogP contribution in [-0.4, -0.2) is 56.5 Å². The van der Waals surface area contributed by atoms with Crippen LogP contribution in [0.2, 0.25) is 0 Å². The molecule has 4 saturated carbocycles. The van der Waals surface area contributed by atoms with E-state index in [0.29, 0.717) is 5.69 Å². The second-order valence-electron chi connectivity index (χ2n) is 10.0. The first-order valence-corrected chi connectivity index (χ1v) is 14.3. The quantitative estimate of drug-likeness (QED) is 0.462. The van der Waals surface area contributed by atoms with Gasteiger partial charge >= 0.3 is 11.4 Å². The van der Waals surface area contributed by atoms with Crippen LogP contribution in [0.4, 0.5) is 0 Å². The van der Waals surface area contributed by atoms with Crippen LogP contribution in [0.5, 0.6) is 0 Å². The fraction of sp³-hybridized carbons (Fsp3) is 0.600. The maximum Gasteiger partial charge on any atom is 0.352 e. The Labute approximate surface area is 188 Å². The highest BCUT2D eigenvalue weighted by atomic mass is 32.2. The molecule has 3 heterocycles. The summed E-state index contributed by atoms with van der Waals surface area (Å²) in [6, 6.07) is 7.71. The van der Waals surface area contributed by atoms with E-state index in [2.05, 4.69) is 0 Å². The Morgan fingerprint density at radius 1 is 0.788 bits per heavy atom. The Bertz CT molecular complexity index is 1480. The van der Waals surface area contributed by atoms with E-state index in [1.807, 2.05) is 0 Å². The summed E-state index contributed by atoms with van der Waals surface area (Å²) in [6.07, 6.45) is 1.93. The van der Waals surface area contributed by atoms with E-state index < -0.39 is 54.5 Å². The number of benzene rings is 1. The van der Waals surface area contributed by atoms with Crippen LogP contribution in [-0.2, 0) is 28.6 Å². The Morgan fingerprint density at radius 2 is 1.24 bits per heavy atom. The molecule has 2 aromatic rings. The zero-order valence-corrected chi connectivity index (χ0v) is 19.3. The fourth-order valence-electron chi connectivity index (χ4n) is 8.21. The topological polar surface area (TPSA) is 136 Å². The first-order valence-electron chi connectivity index (χ1n) is 10.7. The summed E-state index contributed by atoms with van der Waals surface area (Å²) < 4.78 is 62.1. The van der Waals surface area contributed by atoms with E-state index in [4.69, 9.17) is 8.37 Å². The van der Waals surface area contributed by atoms with Crippen LogP contribution in [0.1, 0.15) is 12.1 Å². The predicted molar refractivity (Wildman–Crippen MR) is 113 cm³/mol. The monoisotopic (exact) mass is 495 g/mol. The number of para-hydroxylation sites is 1. The van der Waals surface area contributed by atoms with Crippen molar-refractivity contribution < 1.29 is 25.2 Å². The molecule has 8 atom stereocenters. The summed E-state index contributed by atoms with van der Waals surface area (Å²) in [6.45, 7) is -0.330. The molecule has 0 N–H and O–H groups in total. The van der Waals surface area contributed by atoms with Gasteiger partial charge in [0.05, 0.1) is 43.5 Å². The number of hydrogen-bond donors (Lipinski definition) is 0. The van der Waals surface area contributed by atoms with Gasteiger partial charge in [-0.3, -0.25) is 8.37 Å². The molecular formula is C20H21N3O8S2. The van der Waals surface area contributed by atoms with Crippen molar-refractivity contribution in [3.05, 3.63) is 51.3 Å². The highest BCUT2D eigenvalue weighted by molar-refractivity contribution is 7.86. The van der Waals surface area contributed by atoms with Crippen LogP contribution >= 0.6 is 0 Å². The molecule has 4 fully saturated rings. The highest BCUT2D eigenvalue weighted by Gasteiger charge is 3.03. The van der Waals surface area contributed by atoms with E-state index in [1.165, 1.54) is 9.36 Å². The third kappa shape index (κ3) is 2.09. The lowest BCUT2D eigenvalue weighted by Gasteiger charge is -2.47. The summed E-state index contributed by atoms with van der Waals surface area (Å²) in [7, 11) is -7.54. The molecule has 4 aliphatic carbocycles. The van der Waals surface area contributed by atoms with Gasteiger partial charge in [-0.1, -0.05) is 18.2 Å². The van der Waals surface area contributed by atoms with Gasteiger partial charge in [-0.25, -0.2) is 23.5 Å². The minimum absolute atomic E-state index is 0.0603. The minimum Gasteiger partial charge on any atom is -0.270 e. The molecule has 2 unspecified atom stereocenters. The third-order valence-electron chi connectivity index (χ3n) is 8.83. The van der Waals surface area contributed by atoms with Gasteiger partial charge in [0.25, 0.3) is 20.2 Å². The van der Waals surface area contributed by atoms with Crippen molar-refractivity contribution in [2.75, 3.05) is 25.7 Å². The highest BCUT2D eigenvalue weighted by Crippen LogP contribution is 3.02. The maximum atomic E-state index is 13.5. The van der Waals surface area contributed by atoms with E-state index in [0.717, 1.165) is 17.1 Å². The minimum atomic E-state index is -3.77. The Morgan fingerprint density at radius 3 is 1.67 bits per heavy atom. The summed E-state index contributed by atoms with van der Waals surface area (Å²) in [5, 5.41) is 0. The molecular weight excluding hydrogens is 474 g/mol. The van der Waals surface area contributed by atoms with Gasteiger partial charge in [0.2, 0.25) is 0 Å². The van der Waals surface area contributed by atoms with Crippen molar-refractivity contribution in [1.29, 1.82) is 0 Å². The number of rotatable bonds is 7. The first kappa shape index (κ1) is 20.2. The van der Waals surface area contributed by atoms with E-state index >= 15 is 0 Å². The van der Waals surface area contributed by atoms with Crippen molar-refractivity contribution in [2.24, 2.45) is 34.5 Å². The van der Waals surface area contributed by atoms with Crippen LogP contribution in [0.15, 0.2) is 39.9 Å². The zero-order valence-electron chi connectivity index (χ0n) is 17.7. The SMILES string of the molecule is CS(=O)(=O)OC[C@@]12C3C4[C@H]5[C@H]4[C@@H](n4c(=O)n(-c6ccccc6)c(=O)n4[C@@H]51)[C@@]32COS(C)(=O)=O. The third-order valence-corrected chi connectivity index (χ3v) is 9.92. The lowest BCUT2D eigenvalue weighted by molar-refractivity contribution is -0.0383.